The summed E-state index contributed by atoms with van der Waals surface area (Å²) in [5.74, 6) is 0. The van der Waals surface area contributed by atoms with E-state index in [1.54, 1.807) is 7.11 Å². The molecule has 80 valence electrons. The Labute approximate surface area is 86.6 Å². The van der Waals surface area contributed by atoms with Crippen LogP contribution in [0.15, 0.2) is 0 Å². The quantitative estimate of drug-likeness (QED) is 0.581. The zero-order chi connectivity index (χ0) is 10.4. The molecule has 1 aliphatic rings. The van der Waals surface area contributed by atoms with Crippen LogP contribution in [0.2, 0.25) is 0 Å². The van der Waals surface area contributed by atoms with E-state index in [2.05, 4.69) is 18.0 Å². The van der Waals surface area contributed by atoms with Crippen LogP contribution in [0.4, 0.5) is 0 Å². The molecule has 0 aliphatic heterocycles. The first-order valence-corrected chi connectivity index (χ1v) is 5.27. The Balaban J connectivity index is 2.14. The van der Waals surface area contributed by atoms with E-state index >= 15 is 0 Å². The maximum absolute atomic E-state index is 8.68. The monoisotopic (exact) mass is 196 g/mol. The van der Waals surface area contributed by atoms with Gasteiger partial charge in [-0.15, -0.1) is 0 Å². The third kappa shape index (κ3) is 3.65. The van der Waals surface area contributed by atoms with Crippen LogP contribution in [-0.2, 0) is 4.74 Å². The van der Waals surface area contributed by atoms with E-state index < -0.39 is 0 Å². The summed E-state index contributed by atoms with van der Waals surface area (Å²) in [5.41, 5.74) is 0.344. The van der Waals surface area contributed by atoms with Crippen LogP contribution in [0.5, 0.6) is 0 Å². The summed E-state index contributed by atoms with van der Waals surface area (Å²) in [7, 11) is 3.87. The molecule has 3 heteroatoms. The van der Waals surface area contributed by atoms with E-state index in [0.717, 1.165) is 32.5 Å². The zero-order valence-electron chi connectivity index (χ0n) is 9.25. The molecule has 0 bridgehead atoms. The Morgan fingerprint density at radius 3 is 2.71 bits per heavy atom. The minimum absolute atomic E-state index is 0.344. The molecular weight excluding hydrogens is 176 g/mol. The molecule has 0 saturated heterocycles. The summed E-state index contributed by atoms with van der Waals surface area (Å²) in [4.78, 5) is 2.32. The van der Waals surface area contributed by atoms with Crippen LogP contribution in [-0.4, -0.2) is 38.8 Å². The minimum atomic E-state index is 0.344. The summed E-state index contributed by atoms with van der Waals surface area (Å²) < 4.78 is 5.01. The van der Waals surface area contributed by atoms with Gasteiger partial charge in [0.25, 0.3) is 0 Å². The smallest absolute Gasteiger partial charge is 0.0628 e. The van der Waals surface area contributed by atoms with Gasteiger partial charge in [0.05, 0.1) is 6.07 Å². The van der Waals surface area contributed by atoms with Gasteiger partial charge in [-0.25, -0.2) is 0 Å². The fourth-order valence-corrected chi connectivity index (χ4v) is 1.87. The molecule has 1 aliphatic carbocycles. The molecule has 14 heavy (non-hydrogen) atoms. The molecule has 0 unspecified atom stereocenters. The summed E-state index contributed by atoms with van der Waals surface area (Å²) in [5, 5.41) is 8.68. The predicted molar refractivity (Wildman–Crippen MR) is 55.9 cm³/mol. The summed E-state index contributed by atoms with van der Waals surface area (Å²) in [6, 6.07) is 2.29. The maximum Gasteiger partial charge on any atom is 0.0628 e. The highest BCUT2D eigenvalue weighted by Gasteiger charge is 2.42. The first-order chi connectivity index (χ1) is 6.72. The highest BCUT2D eigenvalue weighted by atomic mass is 16.5. The number of nitriles is 1. The fraction of sp³-hybridized carbons (Fsp3) is 0.909. The van der Waals surface area contributed by atoms with Crippen LogP contribution < -0.4 is 0 Å². The number of rotatable bonds is 7. The second kappa shape index (κ2) is 5.33. The molecule has 1 rings (SSSR count). The summed E-state index contributed by atoms with van der Waals surface area (Å²) >= 11 is 0. The van der Waals surface area contributed by atoms with Crippen molar-refractivity contribution in [3.63, 3.8) is 0 Å². The molecule has 0 aromatic rings. The molecule has 1 saturated carbocycles. The number of hydrogen-bond donors (Lipinski definition) is 0. The van der Waals surface area contributed by atoms with Crippen molar-refractivity contribution >= 4 is 0 Å². The lowest BCUT2D eigenvalue weighted by Gasteiger charge is -2.21. The second-order valence-corrected chi connectivity index (χ2v) is 4.42. The van der Waals surface area contributed by atoms with E-state index in [1.807, 2.05) is 0 Å². The van der Waals surface area contributed by atoms with Crippen molar-refractivity contribution in [1.82, 2.24) is 4.90 Å². The average molecular weight is 196 g/mol. The zero-order valence-corrected chi connectivity index (χ0v) is 9.25. The lowest BCUT2D eigenvalue weighted by Crippen LogP contribution is -2.28. The first-order valence-electron chi connectivity index (χ1n) is 5.27. The molecule has 0 aromatic carbocycles. The van der Waals surface area contributed by atoms with E-state index in [1.165, 1.54) is 12.8 Å². The molecule has 0 heterocycles. The van der Waals surface area contributed by atoms with Crippen molar-refractivity contribution in [2.24, 2.45) is 5.41 Å². The van der Waals surface area contributed by atoms with E-state index in [4.69, 9.17) is 10.00 Å². The topological polar surface area (TPSA) is 36.3 Å². The first kappa shape index (κ1) is 11.5. The number of methoxy groups -OCH3 is 1. The van der Waals surface area contributed by atoms with Crippen molar-refractivity contribution < 1.29 is 4.74 Å². The van der Waals surface area contributed by atoms with Crippen LogP contribution in [0, 0.1) is 16.7 Å². The van der Waals surface area contributed by atoms with Gasteiger partial charge in [-0.1, -0.05) is 0 Å². The van der Waals surface area contributed by atoms with Gasteiger partial charge in [0.15, 0.2) is 0 Å². The van der Waals surface area contributed by atoms with Gasteiger partial charge < -0.3 is 9.64 Å². The fourth-order valence-electron chi connectivity index (χ4n) is 1.87. The number of hydrogen-bond acceptors (Lipinski definition) is 3. The van der Waals surface area contributed by atoms with Crippen LogP contribution in [0.3, 0.4) is 0 Å². The minimum Gasteiger partial charge on any atom is -0.385 e. The lowest BCUT2D eigenvalue weighted by atomic mass is 10.0. The molecule has 0 spiro atoms. The third-order valence-electron chi connectivity index (χ3n) is 2.90. The maximum atomic E-state index is 8.68. The van der Waals surface area contributed by atoms with Gasteiger partial charge in [-0.2, -0.15) is 5.26 Å². The van der Waals surface area contributed by atoms with Crippen molar-refractivity contribution in [3.8, 4) is 6.07 Å². The summed E-state index contributed by atoms with van der Waals surface area (Å²) in [6.07, 6.45) is 4.27. The van der Waals surface area contributed by atoms with Gasteiger partial charge in [0.1, 0.15) is 0 Å². The molecule has 0 N–H and O–H groups in total. The lowest BCUT2D eigenvalue weighted by molar-refractivity contribution is 0.172. The largest absolute Gasteiger partial charge is 0.385 e. The Bertz CT molecular complexity index is 206. The molecule has 1 fully saturated rings. The Kier molecular flexibility index (Phi) is 4.37. The van der Waals surface area contributed by atoms with E-state index in [9.17, 15) is 0 Å². The SMILES string of the molecule is COCCCN(C)CC1(CC#N)CC1. The molecule has 3 nitrogen and oxygen atoms in total. The number of nitrogens with zero attached hydrogens (tertiary/aromatic N) is 2. The van der Waals surface area contributed by atoms with Gasteiger partial charge in [-0.05, 0) is 31.7 Å². The Morgan fingerprint density at radius 2 is 2.21 bits per heavy atom. The Morgan fingerprint density at radius 1 is 1.50 bits per heavy atom. The Hall–Kier alpha value is -0.590. The van der Waals surface area contributed by atoms with Crippen molar-refractivity contribution in [1.29, 1.82) is 5.26 Å². The molecular formula is C11H20N2O. The van der Waals surface area contributed by atoms with Gasteiger partial charge in [0.2, 0.25) is 0 Å². The second-order valence-electron chi connectivity index (χ2n) is 4.42. The average Bonchev–Trinajstić information content (AvgIpc) is 2.86. The normalized spacial score (nSPS) is 18.1. The molecule has 0 amide bonds. The van der Waals surface area contributed by atoms with E-state index in [-0.39, 0.29) is 0 Å². The predicted octanol–water partition coefficient (Wildman–Crippen LogP) is 1.65. The van der Waals surface area contributed by atoms with E-state index in [0.29, 0.717) is 5.41 Å². The van der Waals surface area contributed by atoms with Gasteiger partial charge in [0, 0.05) is 33.2 Å². The van der Waals surface area contributed by atoms with Crippen LogP contribution in [0.25, 0.3) is 0 Å². The molecule has 0 aromatic heterocycles. The highest BCUT2D eigenvalue weighted by molar-refractivity contribution is 5.00. The molecule has 0 radical (unpaired) electrons. The standard InChI is InChI=1S/C11H20N2O/c1-13(8-3-9-14-2)10-11(4-5-11)6-7-12/h3-6,8-10H2,1-2H3. The van der Waals surface area contributed by atoms with Crippen molar-refractivity contribution in [3.05, 3.63) is 0 Å². The van der Waals surface area contributed by atoms with Crippen molar-refractivity contribution in [2.75, 3.05) is 33.9 Å². The third-order valence-corrected chi connectivity index (χ3v) is 2.90. The van der Waals surface area contributed by atoms with Crippen LogP contribution >= 0.6 is 0 Å². The van der Waals surface area contributed by atoms with Gasteiger partial charge in [-0.3, -0.25) is 0 Å². The van der Waals surface area contributed by atoms with Crippen LogP contribution in [0.1, 0.15) is 25.7 Å². The molecule has 0 atom stereocenters. The van der Waals surface area contributed by atoms with Gasteiger partial charge >= 0.3 is 0 Å². The van der Waals surface area contributed by atoms with Crippen molar-refractivity contribution in [2.45, 2.75) is 25.7 Å². The highest BCUT2D eigenvalue weighted by Crippen LogP contribution is 2.48. The summed E-state index contributed by atoms with van der Waals surface area (Å²) in [6.45, 7) is 2.97. The number of ether oxygens (including phenoxy) is 1.